The summed E-state index contributed by atoms with van der Waals surface area (Å²) in [5.41, 5.74) is 1.81. The van der Waals surface area contributed by atoms with E-state index in [0.717, 1.165) is 45.5 Å². The van der Waals surface area contributed by atoms with Crippen molar-refractivity contribution in [2.75, 3.05) is 13.2 Å². The summed E-state index contributed by atoms with van der Waals surface area (Å²) in [4.78, 5) is 11.6. The number of benzene rings is 1. The molecule has 0 aromatic heterocycles. The van der Waals surface area contributed by atoms with Crippen LogP contribution in [0.1, 0.15) is 30.5 Å². The van der Waals surface area contributed by atoms with Gasteiger partial charge >= 0.3 is 5.97 Å². The van der Waals surface area contributed by atoms with Gasteiger partial charge in [-0.2, -0.15) is 0 Å². The quantitative estimate of drug-likeness (QED) is 0.907. The predicted octanol–water partition coefficient (Wildman–Crippen LogP) is 2.68. The number of carboxylic acid groups (broad SMARTS) is 1. The minimum absolute atomic E-state index is 0.597. The minimum Gasteiger partial charge on any atom is -0.493 e. The first-order valence-corrected chi connectivity index (χ1v) is 7.10. The number of carbonyl (C=O) groups is 1. The Kier molecular flexibility index (Phi) is 2.78. The summed E-state index contributed by atoms with van der Waals surface area (Å²) in [5, 5.41) is 9.52. The van der Waals surface area contributed by atoms with Gasteiger partial charge < -0.3 is 14.6 Å². The second-order valence-electron chi connectivity index (χ2n) is 5.43. The van der Waals surface area contributed by atoms with Gasteiger partial charge in [0.2, 0.25) is 0 Å². The van der Waals surface area contributed by atoms with Crippen molar-refractivity contribution in [3.63, 3.8) is 0 Å². The number of ether oxygens (including phenoxy) is 2. The predicted molar refractivity (Wildman–Crippen MR) is 73.2 cm³/mol. The third-order valence-corrected chi connectivity index (χ3v) is 4.74. The Morgan fingerprint density at radius 3 is 2.37 bits per heavy atom. The van der Waals surface area contributed by atoms with Crippen LogP contribution in [0.15, 0.2) is 4.47 Å². The van der Waals surface area contributed by atoms with E-state index >= 15 is 0 Å². The number of rotatable bonds is 2. The topological polar surface area (TPSA) is 55.8 Å². The third kappa shape index (κ3) is 1.67. The lowest BCUT2D eigenvalue weighted by Gasteiger charge is -2.25. The Morgan fingerprint density at radius 2 is 1.74 bits per heavy atom. The van der Waals surface area contributed by atoms with E-state index in [-0.39, 0.29) is 0 Å². The monoisotopic (exact) mass is 326 g/mol. The molecule has 0 bridgehead atoms. The van der Waals surface area contributed by atoms with Crippen molar-refractivity contribution >= 4 is 21.9 Å². The highest BCUT2D eigenvalue weighted by Gasteiger charge is 2.41. The zero-order chi connectivity index (χ0) is 13.8. The maximum atomic E-state index is 11.6. The molecule has 0 radical (unpaired) electrons. The first kappa shape index (κ1) is 12.8. The Balaban J connectivity index is 2.34. The van der Waals surface area contributed by atoms with Crippen LogP contribution in [0.25, 0.3) is 0 Å². The molecule has 1 aromatic rings. The fourth-order valence-corrected chi connectivity index (χ4v) is 3.55. The molecule has 0 saturated carbocycles. The third-order valence-electron chi connectivity index (χ3n) is 3.90. The summed E-state index contributed by atoms with van der Waals surface area (Å²) < 4.78 is 12.3. The zero-order valence-corrected chi connectivity index (χ0v) is 12.5. The van der Waals surface area contributed by atoms with Gasteiger partial charge in [-0.15, -0.1) is 0 Å². The molecule has 1 N–H and O–H groups in total. The van der Waals surface area contributed by atoms with Gasteiger partial charge in [0.15, 0.2) is 0 Å². The number of halogens is 1. The summed E-state index contributed by atoms with van der Waals surface area (Å²) >= 11 is 3.57. The van der Waals surface area contributed by atoms with Gasteiger partial charge in [-0.05, 0) is 29.8 Å². The number of carboxylic acids is 1. The average molecular weight is 327 g/mol. The van der Waals surface area contributed by atoms with E-state index in [0.29, 0.717) is 13.2 Å². The van der Waals surface area contributed by atoms with Crippen molar-refractivity contribution in [1.29, 1.82) is 0 Å². The van der Waals surface area contributed by atoms with Crippen molar-refractivity contribution in [2.45, 2.75) is 32.1 Å². The molecule has 3 rings (SSSR count). The van der Waals surface area contributed by atoms with Crippen LogP contribution in [-0.4, -0.2) is 24.3 Å². The molecule has 0 unspecified atom stereocenters. The number of hydrogen-bond donors (Lipinski definition) is 1. The number of hydrogen-bond acceptors (Lipinski definition) is 3. The molecule has 4 nitrogen and oxygen atoms in total. The zero-order valence-electron chi connectivity index (χ0n) is 10.9. The molecular weight excluding hydrogens is 312 g/mol. The van der Waals surface area contributed by atoms with E-state index in [2.05, 4.69) is 15.9 Å². The second-order valence-corrected chi connectivity index (χ2v) is 6.22. The van der Waals surface area contributed by atoms with Gasteiger partial charge in [0.25, 0.3) is 0 Å². The van der Waals surface area contributed by atoms with Crippen molar-refractivity contribution < 1.29 is 19.4 Å². The van der Waals surface area contributed by atoms with Gasteiger partial charge in [-0.3, -0.25) is 4.79 Å². The van der Waals surface area contributed by atoms with Crippen LogP contribution < -0.4 is 9.47 Å². The maximum Gasteiger partial charge on any atom is 0.313 e. The van der Waals surface area contributed by atoms with E-state index in [1.807, 2.05) is 0 Å². The molecule has 5 heteroatoms. The normalized spacial score (nSPS) is 16.6. The van der Waals surface area contributed by atoms with Crippen molar-refractivity contribution in [1.82, 2.24) is 0 Å². The fraction of sp³-hybridized carbons (Fsp3) is 0.500. The largest absolute Gasteiger partial charge is 0.493 e. The van der Waals surface area contributed by atoms with Gasteiger partial charge in [0.05, 0.1) is 23.1 Å². The Labute approximate surface area is 119 Å². The van der Waals surface area contributed by atoms with Crippen LogP contribution in [0.4, 0.5) is 0 Å². The SMILES string of the molecule is CC(C)(C(=O)O)c1c2c(c(Br)c3c1OCC3)OCC2. The lowest BCUT2D eigenvalue weighted by atomic mass is 9.79. The minimum atomic E-state index is -0.979. The van der Waals surface area contributed by atoms with Gasteiger partial charge in [-0.1, -0.05) is 0 Å². The lowest BCUT2D eigenvalue weighted by Crippen LogP contribution is -2.30. The Bertz CT molecular complexity index is 542. The molecule has 2 aliphatic heterocycles. The summed E-state index contributed by atoms with van der Waals surface area (Å²) in [6.45, 7) is 4.64. The van der Waals surface area contributed by atoms with Crippen LogP contribution in [0, 0.1) is 0 Å². The number of fused-ring (bicyclic) bond motifs is 2. The average Bonchev–Trinajstić information content (AvgIpc) is 2.96. The molecule has 1 aromatic carbocycles. The highest BCUT2D eigenvalue weighted by Crippen LogP contribution is 2.50. The van der Waals surface area contributed by atoms with Crippen LogP contribution >= 0.6 is 15.9 Å². The standard InChI is InChI=1S/C14H15BrO4/c1-14(2,13(16)17)9-7-3-5-19-12(7)10(15)8-4-6-18-11(8)9/h3-6H2,1-2H3,(H,16,17). The fourth-order valence-electron chi connectivity index (χ4n) is 2.82. The molecule has 0 amide bonds. The van der Waals surface area contributed by atoms with Crippen LogP contribution in [0.2, 0.25) is 0 Å². The van der Waals surface area contributed by atoms with E-state index in [1.165, 1.54) is 0 Å². The van der Waals surface area contributed by atoms with Crippen LogP contribution in [-0.2, 0) is 23.1 Å². The highest BCUT2D eigenvalue weighted by molar-refractivity contribution is 9.10. The smallest absolute Gasteiger partial charge is 0.313 e. The summed E-state index contributed by atoms with van der Waals surface area (Å²) in [5.74, 6) is 0.693. The van der Waals surface area contributed by atoms with Crippen LogP contribution in [0.5, 0.6) is 11.5 Å². The van der Waals surface area contributed by atoms with Crippen molar-refractivity contribution in [3.8, 4) is 11.5 Å². The molecule has 102 valence electrons. The molecule has 0 atom stereocenters. The first-order valence-electron chi connectivity index (χ1n) is 6.31. The summed E-state index contributed by atoms with van der Waals surface area (Å²) in [6.07, 6.45) is 1.52. The number of aliphatic carboxylic acids is 1. The van der Waals surface area contributed by atoms with E-state index in [1.54, 1.807) is 13.8 Å². The highest BCUT2D eigenvalue weighted by atomic mass is 79.9. The first-order chi connectivity index (χ1) is 8.94. The molecular formula is C14H15BrO4. The van der Waals surface area contributed by atoms with Crippen molar-refractivity contribution in [3.05, 3.63) is 21.2 Å². The molecule has 0 fully saturated rings. The maximum absolute atomic E-state index is 11.6. The summed E-state index contributed by atoms with van der Waals surface area (Å²) in [6, 6.07) is 0. The second kappa shape index (κ2) is 4.13. The van der Waals surface area contributed by atoms with Gasteiger partial charge in [-0.25, -0.2) is 0 Å². The Hall–Kier alpha value is -1.23. The van der Waals surface area contributed by atoms with E-state index < -0.39 is 11.4 Å². The van der Waals surface area contributed by atoms with E-state index in [9.17, 15) is 9.90 Å². The molecule has 0 spiro atoms. The van der Waals surface area contributed by atoms with Gasteiger partial charge in [0, 0.05) is 29.5 Å². The Morgan fingerprint density at radius 1 is 1.16 bits per heavy atom. The molecule has 2 aliphatic rings. The lowest BCUT2D eigenvalue weighted by molar-refractivity contribution is -0.142. The van der Waals surface area contributed by atoms with Crippen LogP contribution in [0.3, 0.4) is 0 Å². The molecule has 19 heavy (non-hydrogen) atoms. The van der Waals surface area contributed by atoms with Gasteiger partial charge in [0.1, 0.15) is 11.5 Å². The molecule has 2 heterocycles. The molecule has 0 aliphatic carbocycles. The molecule has 0 saturated heterocycles. The van der Waals surface area contributed by atoms with Crippen molar-refractivity contribution in [2.24, 2.45) is 0 Å². The summed E-state index contributed by atoms with van der Waals surface area (Å²) in [7, 11) is 0. The van der Waals surface area contributed by atoms with E-state index in [4.69, 9.17) is 9.47 Å².